The van der Waals surface area contributed by atoms with Crippen molar-refractivity contribution in [2.24, 2.45) is 11.1 Å². The molecule has 0 amide bonds. The second-order valence-electron chi connectivity index (χ2n) is 4.99. The molecular formula is C14H17NS. The Morgan fingerprint density at radius 1 is 1.25 bits per heavy atom. The van der Waals surface area contributed by atoms with Crippen LogP contribution in [0.3, 0.4) is 0 Å². The second kappa shape index (κ2) is 3.86. The molecule has 16 heavy (non-hydrogen) atoms. The predicted molar refractivity (Wildman–Crippen MR) is 70.9 cm³/mol. The van der Waals surface area contributed by atoms with Crippen molar-refractivity contribution in [3.05, 3.63) is 35.2 Å². The minimum atomic E-state index is 0.420. The third kappa shape index (κ3) is 1.57. The van der Waals surface area contributed by atoms with Crippen LogP contribution in [0.1, 0.15) is 24.8 Å². The fraction of sp³-hybridized carbons (Fsp3) is 0.429. The summed E-state index contributed by atoms with van der Waals surface area (Å²) in [4.78, 5) is 0. The first kappa shape index (κ1) is 10.3. The zero-order valence-corrected chi connectivity index (χ0v) is 10.2. The van der Waals surface area contributed by atoms with Gasteiger partial charge in [0.15, 0.2) is 0 Å². The molecular weight excluding hydrogens is 214 g/mol. The van der Waals surface area contributed by atoms with Gasteiger partial charge in [-0.2, -0.15) is 0 Å². The molecule has 0 radical (unpaired) electrons. The zero-order chi connectivity index (χ0) is 11.0. The minimum absolute atomic E-state index is 0.420. The van der Waals surface area contributed by atoms with E-state index in [1.165, 1.54) is 41.3 Å². The van der Waals surface area contributed by atoms with E-state index in [1.54, 1.807) is 0 Å². The van der Waals surface area contributed by atoms with E-state index in [2.05, 4.69) is 29.6 Å². The van der Waals surface area contributed by atoms with E-state index in [-0.39, 0.29) is 0 Å². The molecule has 1 heterocycles. The number of nitrogens with two attached hydrogens (primary N) is 1. The minimum Gasteiger partial charge on any atom is -0.330 e. The molecule has 0 bridgehead atoms. The van der Waals surface area contributed by atoms with Gasteiger partial charge in [0.05, 0.1) is 0 Å². The molecule has 0 spiro atoms. The Morgan fingerprint density at radius 3 is 2.75 bits per heavy atom. The Morgan fingerprint density at radius 2 is 2.06 bits per heavy atom. The lowest BCUT2D eigenvalue weighted by Gasteiger charge is -2.41. The van der Waals surface area contributed by atoms with Crippen LogP contribution in [0.5, 0.6) is 0 Å². The summed E-state index contributed by atoms with van der Waals surface area (Å²) in [7, 11) is 0. The molecule has 3 rings (SSSR count). The van der Waals surface area contributed by atoms with Gasteiger partial charge in [-0.3, -0.25) is 0 Å². The molecule has 2 N–H and O–H groups in total. The van der Waals surface area contributed by atoms with E-state index >= 15 is 0 Å². The largest absolute Gasteiger partial charge is 0.330 e. The van der Waals surface area contributed by atoms with Crippen LogP contribution in [0.4, 0.5) is 0 Å². The molecule has 0 unspecified atom stereocenters. The first-order valence-corrected chi connectivity index (χ1v) is 6.86. The van der Waals surface area contributed by atoms with Crippen LogP contribution in [0.15, 0.2) is 29.6 Å². The van der Waals surface area contributed by atoms with Crippen molar-refractivity contribution >= 4 is 21.4 Å². The fourth-order valence-corrected chi connectivity index (χ4v) is 3.67. The molecule has 84 valence electrons. The van der Waals surface area contributed by atoms with Gasteiger partial charge < -0.3 is 5.73 Å². The molecule has 1 aliphatic rings. The van der Waals surface area contributed by atoms with Crippen molar-refractivity contribution in [1.29, 1.82) is 0 Å². The lowest BCUT2D eigenvalue weighted by Crippen LogP contribution is -2.39. The van der Waals surface area contributed by atoms with Crippen LogP contribution < -0.4 is 5.73 Å². The third-order valence-corrected chi connectivity index (χ3v) is 4.99. The number of hydrogen-bond donors (Lipinski definition) is 1. The topological polar surface area (TPSA) is 26.0 Å². The smallest absolute Gasteiger partial charge is 0.0345 e. The Bertz CT molecular complexity index is 491. The van der Waals surface area contributed by atoms with Gasteiger partial charge in [0.1, 0.15) is 0 Å². The van der Waals surface area contributed by atoms with Gasteiger partial charge in [-0.1, -0.05) is 24.6 Å². The highest BCUT2D eigenvalue weighted by atomic mass is 32.1. The normalized spacial score (nSPS) is 18.6. The number of benzene rings is 1. The van der Waals surface area contributed by atoms with Crippen LogP contribution in [0, 0.1) is 5.41 Å². The summed E-state index contributed by atoms with van der Waals surface area (Å²) >= 11 is 1.86. The summed E-state index contributed by atoms with van der Waals surface area (Å²) in [5.41, 5.74) is 7.86. The van der Waals surface area contributed by atoms with E-state index in [0.717, 1.165) is 6.54 Å². The van der Waals surface area contributed by atoms with E-state index < -0.39 is 0 Å². The molecule has 1 aliphatic carbocycles. The van der Waals surface area contributed by atoms with Crippen LogP contribution in [0.25, 0.3) is 10.1 Å². The molecule has 1 fully saturated rings. The van der Waals surface area contributed by atoms with Crippen molar-refractivity contribution in [3.8, 4) is 0 Å². The van der Waals surface area contributed by atoms with Crippen LogP contribution >= 0.6 is 11.3 Å². The van der Waals surface area contributed by atoms with Crippen molar-refractivity contribution in [2.45, 2.75) is 25.7 Å². The molecule has 0 saturated heterocycles. The van der Waals surface area contributed by atoms with Crippen molar-refractivity contribution in [2.75, 3.05) is 6.54 Å². The Kier molecular flexibility index (Phi) is 2.49. The first-order chi connectivity index (χ1) is 7.83. The highest BCUT2D eigenvalue weighted by molar-refractivity contribution is 7.17. The number of hydrogen-bond acceptors (Lipinski definition) is 2. The monoisotopic (exact) mass is 231 g/mol. The number of rotatable bonds is 3. The van der Waals surface area contributed by atoms with Gasteiger partial charge in [0.25, 0.3) is 0 Å². The molecule has 0 atom stereocenters. The van der Waals surface area contributed by atoms with Crippen molar-refractivity contribution < 1.29 is 0 Å². The van der Waals surface area contributed by atoms with Gasteiger partial charge in [0, 0.05) is 4.70 Å². The van der Waals surface area contributed by atoms with E-state index in [4.69, 9.17) is 5.73 Å². The average Bonchev–Trinajstić information content (AvgIpc) is 2.67. The maximum absolute atomic E-state index is 5.93. The fourth-order valence-electron chi connectivity index (χ4n) is 2.70. The van der Waals surface area contributed by atoms with E-state index in [1.807, 2.05) is 11.3 Å². The lowest BCUT2D eigenvalue weighted by atomic mass is 9.65. The first-order valence-electron chi connectivity index (χ1n) is 5.98. The molecule has 1 aromatic heterocycles. The standard InChI is InChI=1S/C14H17NS/c15-10-14(6-3-7-14)8-11-9-16-13-5-2-1-4-12(11)13/h1-2,4-5,9H,3,6-8,10,15H2. The zero-order valence-electron chi connectivity index (χ0n) is 9.41. The van der Waals surface area contributed by atoms with Crippen molar-refractivity contribution in [1.82, 2.24) is 0 Å². The van der Waals surface area contributed by atoms with Gasteiger partial charge in [-0.05, 0) is 53.6 Å². The second-order valence-corrected chi connectivity index (χ2v) is 5.90. The Balaban J connectivity index is 1.94. The van der Waals surface area contributed by atoms with Crippen LogP contribution in [-0.4, -0.2) is 6.54 Å². The quantitative estimate of drug-likeness (QED) is 0.858. The third-order valence-electron chi connectivity index (χ3n) is 3.97. The van der Waals surface area contributed by atoms with Gasteiger partial charge in [-0.15, -0.1) is 11.3 Å². The van der Waals surface area contributed by atoms with Gasteiger partial charge in [0.2, 0.25) is 0 Å². The molecule has 2 aromatic rings. The summed E-state index contributed by atoms with van der Waals surface area (Å²) < 4.78 is 1.41. The van der Waals surface area contributed by atoms with Crippen LogP contribution in [0.2, 0.25) is 0 Å². The summed E-state index contributed by atoms with van der Waals surface area (Å²) in [6.45, 7) is 0.844. The van der Waals surface area contributed by atoms with Gasteiger partial charge in [-0.25, -0.2) is 0 Å². The SMILES string of the molecule is NCC1(Cc2csc3ccccc23)CCC1. The molecule has 1 aromatic carbocycles. The molecule has 2 heteroatoms. The Labute approximate surface area is 100 Å². The number of fused-ring (bicyclic) bond motifs is 1. The molecule has 0 aliphatic heterocycles. The maximum atomic E-state index is 5.93. The highest BCUT2D eigenvalue weighted by Crippen LogP contribution is 2.44. The number of thiophene rings is 1. The van der Waals surface area contributed by atoms with Gasteiger partial charge >= 0.3 is 0 Å². The summed E-state index contributed by atoms with van der Waals surface area (Å²) in [5.74, 6) is 0. The molecule has 1 saturated carbocycles. The summed E-state index contributed by atoms with van der Waals surface area (Å²) in [6, 6.07) is 8.70. The molecule has 1 nitrogen and oxygen atoms in total. The Hall–Kier alpha value is -0.860. The maximum Gasteiger partial charge on any atom is 0.0345 e. The predicted octanol–water partition coefficient (Wildman–Crippen LogP) is 3.57. The van der Waals surface area contributed by atoms with Crippen molar-refractivity contribution in [3.63, 3.8) is 0 Å². The lowest BCUT2D eigenvalue weighted by molar-refractivity contribution is 0.145. The van der Waals surface area contributed by atoms with Crippen LogP contribution in [-0.2, 0) is 6.42 Å². The van der Waals surface area contributed by atoms with E-state index in [0.29, 0.717) is 5.41 Å². The summed E-state index contributed by atoms with van der Waals surface area (Å²) in [5, 5.41) is 3.76. The average molecular weight is 231 g/mol. The summed E-state index contributed by atoms with van der Waals surface area (Å²) in [6.07, 6.45) is 5.16. The highest BCUT2D eigenvalue weighted by Gasteiger charge is 2.35. The van der Waals surface area contributed by atoms with E-state index in [9.17, 15) is 0 Å².